The molecular weight excluding hydrogens is 260 g/mol. The van der Waals surface area contributed by atoms with Crippen molar-refractivity contribution < 1.29 is 8.42 Å². The summed E-state index contributed by atoms with van der Waals surface area (Å²) in [5.74, 6) is 0. The summed E-state index contributed by atoms with van der Waals surface area (Å²) in [5, 5.41) is 3.09. The van der Waals surface area contributed by atoms with E-state index in [1.807, 2.05) is 26.1 Å². The average Bonchev–Trinajstić information content (AvgIpc) is 3.22. The zero-order valence-corrected chi connectivity index (χ0v) is 12.4. The summed E-state index contributed by atoms with van der Waals surface area (Å²) in [6.45, 7) is 3.35. The van der Waals surface area contributed by atoms with Crippen LogP contribution in [0.2, 0.25) is 0 Å². The van der Waals surface area contributed by atoms with Gasteiger partial charge in [0.15, 0.2) is 0 Å². The molecule has 0 bridgehead atoms. The SMILES string of the molecule is CCN(C1CC1)S(=O)(=O)c1ccc(CCNC)cc1. The van der Waals surface area contributed by atoms with E-state index in [4.69, 9.17) is 0 Å². The summed E-state index contributed by atoms with van der Waals surface area (Å²) >= 11 is 0. The van der Waals surface area contributed by atoms with E-state index in [0.29, 0.717) is 11.4 Å². The molecule has 0 heterocycles. The van der Waals surface area contributed by atoms with Gasteiger partial charge in [0.1, 0.15) is 0 Å². The Morgan fingerprint density at radius 3 is 2.37 bits per heavy atom. The fourth-order valence-corrected chi connectivity index (χ4v) is 3.91. The van der Waals surface area contributed by atoms with Gasteiger partial charge in [0, 0.05) is 12.6 Å². The van der Waals surface area contributed by atoms with Gasteiger partial charge in [0.2, 0.25) is 10.0 Å². The van der Waals surface area contributed by atoms with E-state index in [9.17, 15) is 8.42 Å². The van der Waals surface area contributed by atoms with Gasteiger partial charge in [-0.3, -0.25) is 0 Å². The molecule has 0 aromatic heterocycles. The van der Waals surface area contributed by atoms with Crippen molar-refractivity contribution in [2.75, 3.05) is 20.1 Å². The van der Waals surface area contributed by atoms with Crippen molar-refractivity contribution in [1.82, 2.24) is 9.62 Å². The van der Waals surface area contributed by atoms with Crippen molar-refractivity contribution in [3.63, 3.8) is 0 Å². The Bertz CT molecular complexity index is 507. The predicted octanol–water partition coefficient (Wildman–Crippen LogP) is 1.62. The van der Waals surface area contributed by atoms with Crippen LogP contribution in [-0.2, 0) is 16.4 Å². The Balaban J connectivity index is 2.16. The highest BCUT2D eigenvalue weighted by atomic mass is 32.2. The molecule has 0 spiro atoms. The lowest BCUT2D eigenvalue weighted by Crippen LogP contribution is -2.32. The molecule has 1 N–H and O–H groups in total. The van der Waals surface area contributed by atoms with Gasteiger partial charge in [0.05, 0.1) is 4.90 Å². The first kappa shape index (κ1) is 14.5. The van der Waals surface area contributed by atoms with Gasteiger partial charge in [-0.1, -0.05) is 19.1 Å². The largest absolute Gasteiger partial charge is 0.319 e. The van der Waals surface area contributed by atoms with E-state index in [1.165, 1.54) is 0 Å². The third kappa shape index (κ3) is 3.35. The summed E-state index contributed by atoms with van der Waals surface area (Å²) in [4.78, 5) is 0.412. The molecule has 1 aliphatic rings. The second kappa shape index (κ2) is 6.03. The molecule has 0 saturated heterocycles. The van der Waals surface area contributed by atoms with Crippen molar-refractivity contribution in [1.29, 1.82) is 0 Å². The highest BCUT2D eigenvalue weighted by Crippen LogP contribution is 2.31. The molecule has 5 heteroatoms. The van der Waals surface area contributed by atoms with E-state index in [-0.39, 0.29) is 6.04 Å². The number of benzene rings is 1. The first-order valence-electron chi connectivity index (χ1n) is 6.85. The number of hydrogen-bond donors (Lipinski definition) is 1. The number of rotatable bonds is 7. The number of nitrogens with zero attached hydrogens (tertiary/aromatic N) is 1. The van der Waals surface area contributed by atoms with Crippen LogP contribution in [0.3, 0.4) is 0 Å². The number of likely N-dealkylation sites (N-methyl/N-ethyl adjacent to an activating group) is 1. The molecular formula is C14H22N2O2S. The summed E-state index contributed by atoms with van der Waals surface area (Å²) < 4.78 is 26.6. The molecule has 0 unspecified atom stereocenters. The minimum Gasteiger partial charge on any atom is -0.319 e. The highest BCUT2D eigenvalue weighted by molar-refractivity contribution is 7.89. The normalized spacial score (nSPS) is 15.9. The third-order valence-electron chi connectivity index (χ3n) is 3.46. The van der Waals surface area contributed by atoms with E-state index in [2.05, 4.69) is 5.32 Å². The molecule has 106 valence electrons. The molecule has 0 atom stereocenters. The lowest BCUT2D eigenvalue weighted by Gasteiger charge is -2.20. The molecule has 1 saturated carbocycles. The highest BCUT2D eigenvalue weighted by Gasteiger charge is 2.36. The molecule has 19 heavy (non-hydrogen) atoms. The van der Waals surface area contributed by atoms with Crippen LogP contribution in [-0.4, -0.2) is 38.9 Å². The Labute approximate surface area is 115 Å². The maximum Gasteiger partial charge on any atom is 0.243 e. The Kier molecular flexibility index (Phi) is 4.60. The van der Waals surface area contributed by atoms with E-state index < -0.39 is 10.0 Å². The second-order valence-corrected chi connectivity index (χ2v) is 6.83. The zero-order chi connectivity index (χ0) is 13.9. The zero-order valence-electron chi connectivity index (χ0n) is 11.6. The fourth-order valence-electron chi connectivity index (χ4n) is 2.22. The van der Waals surface area contributed by atoms with Crippen LogP contribution in [0.15, 0.2) is 29.2 Å². The first-order valence-corrected chi connectivity index (χ1v) is 8.29. The molecule has 0 amide bonds. The van der Waals surface area contributed by atoms with Crippen molar-refractivity contribution in [2.45, 2.75) is 37.1 Å². The predicted molar refractivity (Wildman–Crippen MR) is 76.7 cm³/mol. The van der Waals surface area contributed by atoms with Gasteiger partial charge < -0.3 is 5.32 Å². The average molecular weight is 282 g/mol. The van der Waals surface area contributed by atoms with Crippen molar-refractivity contribution >= 4 is 10.0 Å². The number of hydrogen-bond acceptors (Lipinski definition) is 3. The Morgan fingerprint density at radius 1 is 1.26 bits per heavy atom. The molecule has 2 rings (SSSR count). The van der Waals surface area contributed by atoms with Crippen LogP contribution in [0.4, 0.5) is 0 Å². The summed E-state index contributed by atoms with van der Waals surface area (Å²) in [6.07, 6.45) is 2.90. The monoisotopic (exact) mass is 282 g/mol. The van der Waals surface area contributed by atoms with Gasteiger partial charge in [-0.15, -0.1) is 0 Å². The summed E-state index contributed by atoms with van der Waals surface area (Å²) in [7, 11) is -1.40. The van der Waals surface area contributed by atoms with Crippen molar-refractivity contribution in [3.8, 4) is 0 Å². The quantitative estimate of drug-likeness (QED) is 0.827. The van der Waals surface area contributed by atoms with Crippen LogP contribution < -0.4 is 5.32 Å². The molecule has 1 aliphatic carbocycles. The van der Waals surface area contributed by atoms with Crippen LogP contribution >= 0.6 is 0 Å². The van der Waals surface area contributed by atoms with Crippen LogP contribution in [0.1, 0.15) is 25.3 Å². The third-order valence-corrected chi connectivity index (χ3v) is 5.50. The molecule has 0 radical (unpaired) electrons. The molecule has 4 nitrogen and oxygen atoms in total. The minimum atomic E-state index is -3.31. The van der Waals surface area contributed by atoms with Crippen molar-refractivity contribution in [3.05, 3.63) is 29.8 Å². The Morgan fingerprint density at radius 2 is 1.89 bits per heavy atom. The summed E-state index contributed by atoms with van der Waals surface area (Å²) in [6, 6.07) is 7.49. The van der Waals surface area contributed by atoms with Gasteiger partial charge in [-0.25, -0.2) is 8.42 Å². The molecule has 1 aromatic carbocycles. The van der Waals surface area contributed by atoms with Crippen LogP contribution in [0.25, 0.3) is 0 Å². The standard InChI is InChI=1S/C14H22N2O2S/c1-3-16(13-6-7-13)19(17,18)14-8-4-12(5-9-14)10-11-15-2/h4-5,8-9,13,15H,3,6-7,10-11H2,1-2H3. The molecule has 1 fully saturated rings. The van der Waals surface area contributed by atoms with Gasteiger partial charge in [0.25, 0.3) is 0 Å². The minimum absolute atomic E-state index is 0.221. The fraction of sp³-hybridized carbons (Fsp3) is 0.571. The van der Waals surface area contributed by atoms with E-state index >= 15 is 0 Å². The van der Waals surface area contributed by atoms with Gasteiger partial charge in [-0.2, -0.15) is 4.31 Å². The lowest BCUT2D eigenvalue weighted by molar-refractivity contribution is 0.421. The second-order valence-electron chi connectivity index (χ2n) is 4.94. The summed E-state index contributed by atoms with van der Waals surface area (Å²) in [5.41, 5.74) is 1.16. The van der Waals surface area contributed by atoms with Gasteiger partial charge >= 0.3 is 0 Å². The van der Waals surface area contributed by atoms with E-state index in [1.54, 1.807) is 16.4 Å². The number of sulfonamides is 1. The maximum absolute atomic E-state index is 12.5. The molecule has 0 aliphatic heterocycles. The smallest absolute Gasteiger partial charge is 0.243 e. The van der Waals surface area contributed by atoms with Gasteiger partial charge in [-0.05, 0) is 50.6 Å². The Hall–Kier alpha value is -0.910. The van der Waals surface area contributed by atoms with Crippen LogP contribution in [0.5, 0.6) is 0 Å². The lowest BCUT2D eigenvalue weighted by atomic mass is 10.1. The van der Waals surface area contributed by atoms with Crippen molar-refractivity contribution in [2.24, 2.45) is 0 Å². The maximum atomic E-state index is 12.5. The van der Waals surface area contributed by atoms with Crippen LogP contribution in [0, 0.1) is 0 Å². The van der Waals surface area contributed by atoms with E-state index in [0.717, 1.165) is 31.4 Å². The molecule has 1 aromatic rings. The topological polar surface area (TPSA) is 49.4 Å². The number of nitrogens with one attached hydrogen (secondary N) is 1. The first-order chi connectivity index (χ1) is 9.09.